The molecule has 0 saturated carbocycles. The van der Waals surface area contributed by atoms with Crippen LogP contribution in [-0.4, -0.2) is 23.9 Å². The van der Waals surface area contributed by atoms with Gasteiger partial charge in [-0.3, -0.25) is 0 Å². The van der Waals surface area contributed by atoms with Crippen LogP contribution in [0.3, 0.4) is 0 Å². The Morgan fingerprint density at radius 2 is 1.62 bits per heavy atom. The molecule has 0 aliphatic heterocycles. The minimum Gasteiger partial charge on any atom is -0.240 e. The van der Waals surface area contributed by atoms with Crippen molar-refractivity contribution in [2.45, 2.75) is 27.2 Å². The first-order valence-corrected chi connectivity index (χ1v) is 3.42. The van der Waals surface area contributed by atoms with E-state index in [1.807, 2.05) is 0 Å². The van der Waals surface area contributed by atoms with Crippen LogP contribution in [0, 0.1) is 0 Å². The lowest BCUT2D eigenvalue weighted by molar-refractivity contribution is -0.517. The molecule has 8 heavy (non-hydrogen) atoms. The van der Waals surface area contributed by atoms with Crippen molar-refractivity contribution in [3.63, 3.8) is 0 Å². The number of rotatable bonds is 3. The molecule has 48 valence electrons. The Labute approximate surface area is 52.0 Å². The Morgan fingerprint density at radius 1 is 1.12 bits per heavy atom. The largest absolute Gasteiger partial charge is 0.240 e. The van der Waals surface area contributed by atoms with Crippen molar-refractivity contribution in [1.82, 2.24) is 0 Å². The normalized spacial score (nSPS) is 8.88. The molecule has 0 bridgehead atoms. The zero-order chi connectivity index (χ0) is 6.41. The highest BCUT2D eigenvalue weighted by Crippen LogP contribution is 1.73. The second-order valence-corrected chi connectivity index (χ2v) is 1.81. The number of hydrogen-bond acceptors (Lipinski definition) is 0. The van der Waals surface area contributed by atoms with E-state index >= 15 is 0 Å². The third-order valence-corrected chi connectivity index (χ3v) is 1.25. The maximum Gasteiger partial charge on any atom is 0.139 e. The van der Waals surface area contributed by atoms with Crippen molar-refractivity contribution >= 4 is 6.21 Å². The second kappa shape index (κ2) is 4.82. The van der Waals surface area contributed by atoms with Gasteiger partial charge in [-0.15, -0.1) is 0 Å². The fourth-order valence-electron chi connectivity index (χ4n) is 0.740. The van der Waals surface area contributed by atoms with Gasteiger partial charge in [0.2, 0.25) is 0 Å². The lowest BCUT2D eigenvalue weighted by Gasteiger charge is -1.92. The summed E-state index contributed by atoms with van der Waals surface area (Å²) in [5, 5.41) is 0. The molecule has 0 fully saturated rings. The summed E-state index contributed by atoms with van der Waals surface area (Å²) in [6.07, 6.45) is 3.39. The van der Waals surface area contributed by atoms with Crippen molar-refractivity contribution in [2.75, 3.05) is 13.1 Å². The molecule has 0 unspecified atom stereocenters. The molecule has 0 heterocycles. The standard InChI is InChI=1S/C7H16N/c1-4-7-8(5-2)6-3/h7H,4-6H2,1-3H3/q+1. The third kappa shape index (κ3) is 2.78. The molecular weight excluding hydrogens is 98.1 g/mol. The van der Waals surface area contributed by atoms with Gasteiger partial charge in [0.25, 0.3) is 0 Å². The zero-order valence-corrected chi connectivity index (χ0v) is 6.15. The predicted molar refractivity (Wildman–Crippen MR) is 37.7 cm³/mol. The first kappa shape index (κ1) is 7.67. The lowest BCUT2D eigenvalue weighted by Crippen LogP contribution is -2.10. The van der Waals surface area contributed by atoms with Gasteiger partial charge in [0.15, 0.2) is 0 Å². The topological polar surface area (TPSA) is 3.01 Å². The zero-order valence-electron chi connectivity index (χ0n) is 6.15. The van der Waals surface area contributed by atoms with Crippen molar-refractivity contribution in [3.8, 4) is 0 Å². The Kier molecular flexibility index (Phi) is 4.62. The van der Waals surface area contributed by atoms with E-state index in [1.165, 1.54) is 0 Å². The number of hydrogen-bond donors (Lipinski definition) is 0. The molecule has 0 N–H and O–H groups in total. The summed E-state index contributed by atoms with van der Waals surface area (Å²) in [6.45, 7) is 8.80. The minimum absolute atomic E-state index is 1.14. The Hall–Kier alpha value is -0.330. The summed E-state index contributed by atoms with van der Waals surface area (Å²) >= 11 is 0. The smallest absolute Gasteiger partial charge is 0.139 e. The van der Waals surface area contributed by atoms with Gasteiger partial charge in [0.05, 0.1) is 0 Å². The van der Waals surface area contributed by atoms with E-state index in [-0.39, 0.29) is 0 Å². The molecule has 0 radical (unpaired) electrons. The first-order valence-electron chi connectivity index (χ1n) is 3.42. The van der Waals surface area contributed by atoms with Crippen molar-refractivity contribution in [2.24, 2.45) is 0 Å². The van der Waals surface area contributed by atoms with Crippen LogP contribution in [0.1, 0.15) is 27.2 Å². The molecular formula is C7H16N+. The maximum atomic E-state index is 2.31. The first-order chi connectivity index (χ1) is 3.85. The molecule has 0 atom stereocenters. The van der Waals surface area contributed by atoms with Gasteiger partial charge in [-0.25, -0.2) is 4.58 Å². The molecule has 0 aromatic carbocycles. The van der Waals surface area contributed by atoms with Crippen LogP contribution in [0.15, 0.2) is 0 Å². The molecule has 0 spiro atoms. The van der Waals surface area contributed by atoms with E-state index in [4.69, 9.17) is 0 Å². The Bertz CT molecular complexity index is 68.5. The highest BCUT2D eigenvalue weighted by atomic mass is 15.0. The van der Waals surface area contributed by atoms with Gasteiger partial charge in [0.1, 0.15) is 19.3 Å². The fourth-order valence-corrected chi connectivity index (χ4v) is 0.740. The minimum atomic E-state index is 1.14. The summed E-state index contributed by atoms with van der Waals surface area (Å²) < 4.78 is 2.31. The Morgan fingerprint density at radius 3 is 1.75 bits per heavy atom. The van der Waals surface area contributed by atoms with E-state index in [9.17, 15) is 0 Å². The van der Waals surface area contributed by atoms with Gasteiger partial charge in [-0.05, 0) is 13.8 Å². The highest BCUT2D eigenvalue weighted by Gasteiger charge is 1.89. The summed E-state index contributed by atoms with van der Waals surface area (Å²) in [6, 6.07) is 0. The second-order valence-electron chi connectivity index (χ2n) is 1.81. The monoisotopic (exact) mass is 114 g/mol. The van der Waals surface area contributed by atoms with Crippen LogP contribution < -0.4 is 0 Å². The summed E-state index contributed by atoms with van der Waals surface area (Å²) in [4.78, 5) is 0. The summed E-state index contributed by atoms with van der Waals surface area (Å²) in [5.41, 5.74) is 0. The van der Waals surface area contributed by atoms with Crippen molar-refractivity contribution < 1.29 is 4.58 Å². The predicted octanol–water partition coefficient (Wildman–Crippen LogP) is 1.52. The van der Waals surface area contributed by atoms with Gasteiger partial charge >= 0.3 is 0 Å². The molecule has 1 nitrogen and oxygen atoms in total. The van der Waals surface area contributed by atoms with Crippen LogP contribution in [0.5, 0.6) is 0 Å². The Balaban J connectivity index is 3.49. The molecule has 0 aliphatic carbocycles. The van der Waals surface area contributed by atoms with Crippen LogP contribution in [0.4, 0.5) is 0 Å². The van der Waals surface area contributed by atoms with E-state index in [2.05, 4.69) is 31.6 Å². The van der Waals surface area contributed by atoms with E-state index in [0.717, 1.165) is 19.5 Å². The van der Waals surface area contributed by atoms with Crippen molar-refractivity contribution in [1.29, 1.82) is 0 Å². The molecule has 0 amide bonds. The maximum absolute atomic E-state index is 2.31. The molecule has 0 aromatic rings. The average Bonchev–Trinajstić information content (AvgIpc) is 1.83. The van der Waals surface area contributed by atoms with E-state index in [1.54, 1.807) is 0 Å². The van der Waals surface area contributed by atoms with Crippen LogP contribution in [0.25, 0.3) is 0 Å². The van der Waals surface area contributed by atoms with Crippen molar-refractivity contribution in [3.05, 3.63) is 0 Å². The molecule has 0 saturated heterocycles. The van der Waals surface area contributed by atoms with Gasteiger partial charge in [-0.1, -0.05) is 6.92 Å². The quantitative estimate of drug-likeness (QED) is 0.386. The van der Waals surface area contributed by atoms with Crippen LogP contribution >= 0.6 is 0 Å². The summed E-state index contributed by atoms with van der Waals surface area (Å²) in [7, 11) is 0. The van der Waals surface area contributed by atoms with E-state index in [0.29, 0.717) is 0 Å². The van der Waals surface area contributed by atoms with Gasteiger partial charge < -0.3 is 0 Å². The van der Waals surface area contributed by atoms with Crippen LogP contribution in [0.2, 0.25) is 0 Å². The SMILES string of the molecule is CCC=[N+](CC)CC. The summed E-state index contributed by atoms with van der Waals surface area (Å²) in [5.74, 6) is 0. The highest BCUT2D eigenvalue weighted by molar-refractivity contribution is 5.50. The molecule has 0 rings (SSSR count). The molecule has 0 aromatic heterocycles. The third-order valence-electron chi connectivity index (χ3n) is 1.25. The number of nitrogens with zero attached hydrogens (tertiary/aromatic N) is 1. The molecule has 0 aliphatic rings. The average molecular weight is 114 g/mol. The van der Waals surface area contributed by atoms with Gasteiger partial charge in [0, 0.05) is 6.42 Å². The van der Waals surface area contributed by atoms with Gasteiger partial charge in [-0.2, -0.15) is 0 Å². The van der Waals surface area contributed by atoms with Crippen LogP contribution in [-0.2, 0) is 0 Å². The molecule has 1 heteroatoms. The fraction of sp³-hybridized carbons (Fsp3) is 0.857. The lowest BCUT2D eigenvalue weighted by atomic mass is 10.5. The van der Waals surface area contributed by atoms with E-state index < -0.39 is 0 Å².